The van der Waals surface area contributed by atoms with E-state index in [-0.39, 0.29) is 12.3 Å². The number of rotatable bonds is 1. The lowest BCUT2D eigenvalue weighted by atomic mass is 9.87. The molecule has 0 saturated carbocycles. The molecule has 1 atom stereocenters. The third-order valence-corrected chi connectivity index (χ3v) is 5.39. The maximum Gasteiger partial charge on any atom is 0.235 e. The summed E-state index contributed by atoms with van der Waals surface area (Å²) in [6, 6.07) is 11.4. The van der Waals surface area contributed by atoms with Crippen molar-refractivity contribution in [2.24, 2.45) is 4.99 Å². The molecular weight excluding hydrogens is 326 g/mol. The Morgan fingerprint density at radius 2 is 1.92 bits per heavy atom. The summed E-state index contributed by atoms with van der Waals surface area (Å²) < 4.78 is 0. The number of aliphatic imine (C=N–C) groups is 1. The molecule has 0 bridgehead atoms. The molecule has 5 heteroatoms. The Morgan fingerprint density at radius 3 is 2.65 bits per heavy atom. The van der Waals surface area contributed by atoms with Gasteiger partial charge in [0.15, 0.2) is 0 Å². The average molecular weight is 345 g/mol. The number of carbonyl (C=O) groups excluding carboxylic acids is 1. The highest BCUT2D eigenvalue weighted by Crippen LogP contribution is 2.41. The van der Waals surface area contributed by atoms with Gasteiger partial charge < -0.3 is 5.11 Å². The van der Waals surface area contributed by atoms with Crippen LogP contribution in [0.1, 0.15) is 34.2 Å². The summed E-state index contributed by atoms with van der Waals surface area (Å²) in [5.41, 5.74) is 4.53. The summed E-state index contributed by atoms with van der Waals surface area (Å²) in [5, 5.41) is 20.5. The number of hydrogen-bond acceptors (Lipinski definition) is 4. The zero-order valence-corrected chi connectivity index (χ0v) is 15.0. The van der Waals surface area contributed by atoms with Gasteiger partial charge in [-0.15, -0.1) is 0 Å². The van der Waals surface area contributed by atoms with Gasteiger partial charge in [0.2, 0.25) is 5.91 Å². The lowest BCUT2D eigenvalue weighted by Gasteiger charge is -2.30. The van der Waals surface area contributed by atoms with Crippen molar-refractivity contribution in [3.05, 3.63) is 58.1 Å². The van der Waals surface area contributed by atoms with Crippen LogP contribution >= 0.6 is 0 Å². The van der Waals surface area contributed by atoms with Crippen molar-refractivity contribution >= 4 is 23.1 Å². The topological polar surface area (TPSA) is 76.7 Å². The highest BCUT2D eigenvalue weighted by Gasteiger charge is 2.51. The van der Waals surface area contributed by atoms with E-state index in [1.165, 1.54) is 4.90 Å². The van der Waals surface area contributed by atoms with Crippen LogP contribution in [0.3, 0.4) is 0 Å². The molecule has 1 N–H and O–H groups in total. The maximum atomic E-state index is 12.8. The van der Waals surface area contributed by atoms with Crippen molar-refractivity contribution in [2.45, 2.75) is 39.2 Å². The number of carbonyl (C=O) groups is 1. The molecule has 2 heterocycles. The second-order valence-corrected chi connectivity index (χ2v) is 7.18. The van der Waals surface area contributed by atoms with E-state index in [9.17, 15) is 15.2 Å². The first-order valence-electron chi connectivity index (χ1n) is 8.58. The monoisotopic (exact) mass is 345 g/mol. The first kappa shape index (κ1) is 16.5. The van der Waals surface area contributed by atoms with Gasteiger partial charge in [0.25, 0.3) is 0 Å². The van der Waals surface area contributed by atoms with Gasteiger partial charge in [-0.1, -0.05) is 12.1 Å². The first-order valence-corrected chi connectivity index (χ1v) is 8.58. The Morgan fingerprint density at radius 1 is 1.19 bits per heavy atom. The van der Waals surface area contributed by atoms with Crippen molar-refractivity contribution in [2.75, 3.05) is 4.90 Å². The standard InChI is InChI=1S/C21H19N3O2/c1-12-7-16-9-21(26)10-19(25)24(20(21)23-17(16)8-13(12)2)18-6-4-5-15(11-22)14(18)3/h4-8,26H,9-10H2,1-3H3/t21-/m0/s1. The number of aryl methyl sites for hydroxylation is 2. The predicted octanol–water partition coefficient (Wildman–Crippen LogP) is 3.24. The fourth-order valence-corrected chi connectivity index (χ4v) is 3.80. The Bertz CT molecular complexity index is 1030. The lowest BCUT2D eigenvalue weighted by Crippen LogP contribution is -2.44. The number of fused-ring (bicyclic) bond motifs is 2. The van der Waals surface area contributed by atoms with Crippen molar-refractivity contribution in [1.29, 1.82) is 5.26 Å². The zero-order chi connectivity index (χ0) is 18.6. The summed E-state index contributed by atoms with van der Waals surface area (Å²) in [7, 11) is 0. The molecule has 26 heavy (non-hydrogen) atoms. The van der Waals surface area contributed by atoms with E-state index in [0.717, 1.165) is 22.4 Å². The summed E-state index contributed by atoms with van der Waals surface area (Å²) in [6.45, 7) is 5.86. The van der Waals surface area contributed by atoms with Crippen molar-refractivity contribution in [3.63, 3.8) is 0 Å². The van der Waals surface area contributed by atoms with E-state index in [1.54, 1.807) is 18.2 Å². The predicted molar refractivity (Wildman–Crippen MR) is 99.7 cm³/mol. The molecule has 2 aromatic carbocycles. The van der Waals surface area contributed by atoms with E-state index in [1.807, 2.05) is 32.9 Å². The van der Waals surface area contributed by atoms with Crippen molar-refractivity contribution < 1.29 is 9.90 Å². The fourth-order valence-electron chi connectivity index (χ4n) is 3.80. The maximum absolute atomic E-state index is 12.8. The molecule has 1 amide bonds. The van der Waals surface area contributed by atoms with E-state index in [4.69, 9.17) is 0 Å². The van der Waals surface area contributed by atoms with E-state index in [0.29, 0.717) is 29.1 Å². The van der Waals surface area contributed by atoms with Gasteiger partial charge in [-0.3, -0.25) is 9.69 Å². The molecule has 2 aromatic rings. The average Bonchev–Trinajstić information content (AvgIpc) is 2.84. The van der Waals surface area contributed by atoms with Crippen molar-refractivity contribution in [3.8, 4) is 6.07 Å². The molecule has 0 aromatic heterocycles. The minimum atomic E-state index is -1.30. The summed E-state index contributed by atoms with van der Waals surface area (Å²) in [4.78, 5) is 18.9. The molecule has 5 nitrogen and oxygen atoms in total. The highest BCUT2D eigenvalue weighted by molar-refractivity contribution is 6.27. The van der Waals surface area contributed by atoms with Crippen LogP contribution in [0.2, 0.25) is 0 Å². The quantitative estimate of drug-likeness (QED) is 0.862. The Balaban J connectivity index is 1.91. The second kappa shape index (κ2) is 5.52. The normalized spacial score (nSPS) is 21.1. The number of aliphatic hydroxyl groups is 1. The van der Waals surface area contributed by atoms with Crippen LogP contribution in [-0.2, 0) is 11.2 Å². The van der Waals surface area contributed by atoms with Gasteiger partial charge in [-0.05, 0) is 61.2 Å². The molecule has 0 aliphatic carbocycles. The minimum absolute atomic E-state index is 0.00554. The molecule has 130 valence electrons. The SMILES string of the molecule is Cc1cc2c(cc1C)N=C1N(c3cccc(C#N)c3C)C(=O)C[C@@]1(O)C2. The first-order chi connectivity index (χ1) is 12.3. The largest absolute Gasteiger partial charge is 0.381 e. The van der Waals surface area contributed by atoms with Crippen LogP contribution in [0.25, 0.3) is 0 Å². The molecular formula is C21H19N3O2. The van der Waals surface area contributed by atoms with E-state index in [2.05, 4.69) is 11.1 Å². The Hall–Kier alpha value is -2.97. The fraction of sp³-hybridized carbons (Fsp3) is 0.286. The van der Waals surface area contributed by atoms with Gasteiger partial charge in [-0.2, -0.15) is 5.26 Å². The molecule has 2 aliphatic rings. The van der Waals surface area contributed by atoms with Crippen LogP contribution < -0.4 is 4.90 Å². The number of nitrogens with zero attached hydrogens (tertiary/aromatic N) is 3. The van der Waals surface area contributed by atoms with Gasteiger partial charge in [0.1, 0.15) is 11.4 Å². The van der Waals surface area contributed by atoms with Crippen LogP contribution in [0.4, 0.5) is 11.4 Å². The smallest absolute Gasteiger partial charge is 0.235 e. The zero-order valence-electron chi connectivity index (χ0n) is 15.0. The van der Waals surface area contributed by atoms with Crippen molar-refractivity contribution in [1.82, 2.24) is 0 Å². The second-order valence-electron chi connectivity index (χ2n) is 7.18. The van der Waals surface area contributed by atoms with Crippen LogP contribution in [0.15, 0.2) is 35.3 Å². The number of amidine groups is 1. The van der Waals surface area contributed by atoms with Crippen LogP contribution in [0, 0.1) is 32.1 Å². The molecule has 1 saturated heterocycles. The third-order valence-electron chi connectivity index (χ3n) is 5.39. The third kappa shape index (κ3) is 2.27. The summed E-state index contributed by atoms with van der Waals surface area (Å²) in [6.07, 6.45) is 0.357. The number of amides is 1. The van der Waals surface area contributed by atoms with E-state index < -0.39 is 5.60 Å². The number of nitriles is 1. The van der Waals surface area contributed by atoms with Crippen LogP contribution in [-0.4, -0.2) is 22.5 Å². The number of anilines is 1. The van der Waals surface area contributed by atoms with Gasteiger partial charge in [0, 0.05) is 6.42 Å². The molecule has 0 unspecified atom stereocenters. The minimum Gasteiger partial charge on any atom is -0.381 e. The number of hydrogen-bond donors (Lipinski definition) is 1. The van der Waals surface area contributed by atoms with Gasteiger partial charge in [0.05, 0.1) is 29.4 Å². The molecule has 4 rings (SSSR count). The summed E-state index contributed by atoms with van der Waals surface area (Å²) >= 11 is 0. The molecule has 1 fully saturated rings. The molecule has 2 aliphatic heterocycles. The van der Waals surface area contributed by atoms with Gasteiger partial charge in [-0.25, -0.2) is 4.99 Å². The highest BCUT2D eigenvalue weighted by atomic mass is 16.3. The Labute approximate surface area is 152 Å². The van der Waals surface area contributed by atoms with Gasteiger partial charge >= 0.3 is 0 Å². The molecule has 0 spiro atoms. The Kier molecular flexibility index (Phi) is 3.50. The lowest BCUT2D eigenvalue weighted by molar-refractivity contribution is -0.118. The van der Waals surface area contributed by atoms with E-state index >= 15 is 0 Å². The van der Waals surface area contributed by atoms with Crippen LogP contribution in [0.5, 0.6) is 0 Å². The molecule has 0 radical (unpaired) electrons. The number of benzene rings is 2. The summed E-state index contributed by atoms with van der Waals surface area (Å²) in [5.74, 6) is 0.155.